The minimum atomic E-state index is -1.11. The predicted octanol–water partition coefficient (Wildman–Crippen LogP) is 0.609. The maximum absolute atomic E-state index is 13.9. The summed E-state index contributed by atoms with van der Waals surface area (Å²) in [5.41, 5.74) is -0.167. The van der Waals surface area contributed by atoms with Crippen LogP contribution in [0.3, 0.4) is 0 Å². The van der Waals surface area contributed by atoms with Crippen molar-refractivity contribution < 1.29 is 24.2 Å². The summed E-state index contributed by atoms with van der Waals surface area (Å²) in [6, 6.07) is 7.87. The molecule has 3 saturated heterocycles. The van der Waals surface area contributed by atoms with Crippen LogP contribution in [0.25, 0.3) is 0 Å². The van der Waals surface area contributed by atoms with Crippen LogP contribution in [-0.4, -0.2) is 76.0 Å². The first-order valence-corrected chi connectivity index (χ1v) is 12.0. The van der Waals surface area contributed by atoms with Gasteiger partial charge in [0.1, 0.15) is 11.6 Å². The molecule has 3 aliphatic heterocycles. The van der Waals surface area contributed by atoms with Gasteiger partial charge in [-0.25, -0.2) is 0 Å². The number of rotatable bonds is 7. The Kier molecular flexibility index (Phi) is 6.35. The van der Waals surface area contributed by atoms with E-state index in [2.05, 4.69) is 26.6 Å². The van der Waals surface area contributed by atoms with Gasteiger partial charge in [0.25, 0.3) is 0 Å². The molecule has 3 unspecified atom stereocenters. The molecule has 7 atom stereocenters. The van der Waals surface area contributed by atoms with Gasteiger partial charge in [0.2, 0.25) is 17.7 Å². The van der Waals surface area contributed by atoms with Crippen molar-refractivity contribution in [2.75, 3.05) is 13.7 Å². The Morgan fingerprint density at radius 3 is 2.56 bits per heavy atom. The van der Waals surface area contributed by atoms with E-state index in [1.54, 1.807) is 0 Å². The number of aliphatic hydroxyl groups is 1. The third-order valence-electron chi connectivity index (χ3n) is 6.87. The van der Waals surface area contributed by atoms with Crippen LogP contribution in [0.15, 0.2) is 30.3 Å². The second kappa shape index (κ2) is 8.76. The third-order valence-corrected chi connectivity index (χ3v) is 7.72. The number of likely N-dealkylation sites (tertiary alicyclic amines) is 1. The number of hydrogen-bond donors (Lipinski definition) is 3. The lowest BCUT2D eigenvalue weighted by atomic mass is 9.70. The number of amides is 3. The Balaban J connectivity index is 1.77. The molecule has 1 aromatic rings. The number of alkyl halides is 1. The second-order valence-electron chi connectivity index (χ2n) is 9.21. The third kappa shape index (κ3) is 3.54. The number of carbonyl (C=O) groups excluding carboxylic acids is 3. The number of fused-ring (bicyclic) bond motifs is 1. The Morgan fingerprint density at radius 1 is 1.28 bits per heavy atom. The van der Waals surface area contributed by atoms with Crippen molar-refractivity contribution in [3.63, 3.8) is 0 Å². The van der Waals surface area contributed by atoms with Crippen LogP contribution < -0.4 is 10.6 Å². The first-order chi connectivity index (χ1) is 15.2. The maximum atomic E-state index is 13.9. The molecule has 1 aromatic carbocycles. The highest BCUT2D eigenvalue weighted by Crippen LogP contribution is 2.60. The molecule has 0 aliphatic carbocycles. The molecular weight excluding hydrogens is 478 g/mol. The summed E-state index contributed by atoms with van der Waals surface area (Å²) in [5, 5.41) is 15.9. The lowest BCUT2D eigenvalue weighted by molar-refractivity contribution is -0.145. The van der Waals surface area contributed by atoms with E-state index in [-0.39, 0.29) is 35.2 Å². The van der Waals surface area contributed by atoms with Crippen LogP contribution in [0.1, 0.15) is 25.8 Å². The molecule has 3 fully saturated rings. The predicted molar refractivity (Wildman–Crippen MR) is 121 cm³/mol. The largest absolute Gasteiger partial charge is 0.394 e. The summed E-state index contributed by atoms with van der Waals surface area (Å²) in [5.74, 6) is -2.36. The fourth-order valence-electron chi connectivity index (χ4n) is 5.73. The van der Waals surface area contributed by atoms with E-state index in [0.717, 1.165) is 5.56 Å². The molecule has 1 spiro atoms. The molecule has 0 radical (unpaired) electrons. The van der Waals surface area contributed by atoms with Crippen LogP contribution >= 0.6 is 15.9 Å². The molecule has 9 heteroatoms. The van der Waals surface area contributed by atoms with Crippen LogP contribution in [-0.2, 0) is 25.5 Å². The van der Waals surface area contributed by atoms with Gasteiger partial charge < -0.3 is 25.4 Å². The minimum absolute atomic E-state index is 0.135. The molecule has 0 aromatic heterocycles. The van der Waals surface area contributed by atoms with Gasteiger partial charge in [-0.1, -0.05) is 46.3 Å². The molecule has 0 saturated carbocycles. The van der Waals surface area contributed by atoms with Gasteiger partial charge in [0.05, 0.1) is 30.6 Å². The molecule has 3 amide bonds. The smallest absolute Gasteiger partial charge is 0.246 e. The number of ether oxygens (including phenoxy) is 1. The van der Waals surface area contributed by atoms with Gasteiger partial charge in [0.15, 0.2) is 0 Å². The first-order valence-electron chi connectivity index (χ1n) is 11.1. The zero-order chi connectivity index (χ0) is 23.2. The van der Waals surface area contributed by atoms with Crippen molar-refractivity contribution in [2.45, 2.75) is 61.3 Å². The standard InChI is InChI=1S/C23H30BrN3O5/c1-12(2)26-21(30)19-23-10-15(24)18(32-23)16(20(29)25-3)17(23)22(31)27(19)14(11-28)9-13-7-5-4-6-8-13/h4-8,12,14-19,28H,9-11H2,1-3H3,(H,25,29)(H,26,30)/t14-,15?,16+,17+,18+,19?,23?/m1/s1. The van der Waals surface area contributed by atoms with E-state index >= 15 is 0 Å². The molecule has 3 N–H and O–H groups in total. The lowest BCUT2D eigenvalue weighted by Gasteiger charge is -2.37. The maximum Gasteiger partial charge on any atom is 0.246 e. The molecule has 3 heterocycles. The minimum Gasteiger partial charge on any atom is -0.394 e. The Morgan fingerprint density at radius 2 is 1.97 bits per heavy atom. The molecule has 32 heavy (non-hydrogen) atoms. The summed E-state index contributed by atoms with van der Waals surface area (Å²) in [7, 11) is 1.54. The number of benzene rings is 1. The first kappa shape index (κ1) is 23.2. The highest BCUT2D eigenvalue weighted by Gasteiger charge is 2.76. The summed E-state index contributed by atoms with van der Waals surface area (Å²) in [6.07, 6.45) is 0.350. The highest BCUT2D eigenvalue weighted by molar-refractivity contribution is 9.09. The van der Waals surface area contributed by atoms with Gasteiger partial charge >= 0.3 is 0 Å². The monoisotopic (exact) mass is 507 g/mol. The molecule has 174 valence electrons. The summed E-state index contributed by atoms with van der Waals surface area (Å²) >= 11 is 3.62. The molecule has 4 rings (SSSR count). The average Bonchev–Trinajstić information content (AvgIpc) is 3.35. The highest BCUT2D eigenvalue weighted by atomic mass is 79.9. The van der Waals surface area contributed by atoms with Crippen LogP contribution in [0.5, 0.6) is 0 Å². The number of carbonyl (C=O) groups is 3. The SMILES string of the molecule is CNC(=O)[C@H]1[C@H]2C(=O)N([C@@H](CO)Cc3ccccc3)C(C(=O)NC(C)C)C23CC(Br)[C@@H]1O3. The van der Waals surface area contributed by atoms with Gasteiger partial charge in [-0.15, -0.1) is 0 Å². The molecule has 2 bridgehead atoms. The van der Waals surface area contributed by atoms with Crippen molar-refractivity contribution in [2.24, 2.45) is 11.8 Å². The van der Waals surface area contributed by atoms with Crippen LogP contribution in [0.4, 0.5) is 0 Å². The lowest BCUT2D eigenvalue weighted by Crippen LogP contribution is -2.59. The van der Waals surface area contributed by atoms with E-state index in [1.165, 1.54) is 11.9 Å². The van der Waals surface area contributed by atoms with E-state index in [1.807, 2.05) is 44.2 Å². The Hall–Kier alpha value is -1.97. The van der Waals surface area contributed by atoms with Gasteiger partial charge in [-0.05, 0) is 32.3 Å². The summed E-state index contributed by atoms with van der Waals surface area (Å²) in [4.78, 5) is 41.5. The average molecular weight is 508 g/mol. The second-order valence-corrected chi connectivity index (χ2v) is 10.4. The fraction of sp³-hybridized carbons (Fsp3) is 0.609. The summed E-state index contributed by atoms with van der Waals surface area (Å²) in [6.45, 7) is 3.41. The van der Waals surface area contributed by atoms with E-state index < -0.39 is 35.6 Å². The molecule has 3 aliphatic rings. The number of nitrogens with one attached hydrogen (secondary N) is 2. The van der Waals surface area contributed by atoms with Crippen molar-refractivity contribution in [3.05, 3.63) is 35.9 Å². The number of nitrogens with zero attached hydrogens (tertiary/aromatic N) is 1. The van der Waals surface area contributed by atoms with Crippen molar-refractivity contribution in [1.82, 2.24) is 15.5 Å². The Bertz CT molecular complexity index is 897. The van der Waals surface area contributed by atoms with E-state index in [4.69, 9.17) is 4.74 Å². The van der Waals surface area contributed by atoms with Crippen LogP contribution in [0, 0.1) is 11.8 Å². The van der Waals surface area contributed by atoms with Crippen LogP contribution in [0.2, 0.25) is 0 Å². The zero-order valence-corrected chi connectivity index (χ0v) is 20.0. The number of aliphatic hydroxyl groups excluding tert-OH is 1. The molecular formula is C23H30BrN3O5. The number of halogens is 1. The Labute approximate surface area is 196 Å². The van der Waals surface area contributed by atoms with Gasteiger partial charge in [-0.2, -0.15) is 0 Å². The quantitative estimate of drug-likeness (QED) is 0.468. The normalized spacial score (nSPS) is 34.0. The van der Waals surface area contributed by atoms with Crippen molar-refractivity contribution in [3.8, 4) is 0 Å². The van der Waals surface area contributed by atoms with Crippen molar-refractivity contribution in [1.29, 1.82) is 0 Å². The van der Waals surface area contributed by atoms with E-state index in [0.29, 0.717) is 12.8 Å². The summed E-state index contributed by atoms with van der Waals surface area (Å²) < 4.78 is 6.38. The van der Waals surface area contributed by atoms with Gasteiger partial charge in [-0.3, -0.25) is 14.4 Å². The van der Waals surface area contributed by atoms with Crippen molar-refractivity contribution >= 4 is 33.7 Å². The topological polar surface area (TPSA) is 108 Å². The fourth-order valence-corrected chi connectivity index (χ4v) is 6.67. The van der Waals surface area contributed by atoms with Gasteiger partial charge in [0, 0.05) is 17.9 Å². The van der Waals surface area contributed by atoms with E-state index in [9.17, 15) is 19.5 Å². The number of hydrogen-bond acceptors (Lipinski definition) is 5. The molecule has 8 nitrogen and oxygen atoms in total. The zero-order valence-electron chi connectivity index (χ0n) is 18.5.